The minimum atomic E-state index is -4.37. The summed E-state index contributed by atoms with van der Waals surface area (Å²) in [6.45, 7) is -0.807. The van der Waals surface area contributed by atoms with Gasteiger partial charge < -0.3 is 14.8 Å². The number of nitrogens with one attached hydrogen (secondary N) is 1. The molecule has 7 heteroatoms. The van der Waals surface area contributed by atoms with Gasteiger partial charge in [0.05, 0.1) is 0 Å². The predicted octanol–water partition coefficient (Wildman–Crippen LogP) is 4.30. The Morgan fingerprint density at radius 1 is 1.04 bits per heavy atom. The molecule has 0 aliphatic carbocycles. The molecule has 0 aliphatic heterocycles. The van der Waals surface area contributed by atoms with Gasteiger partial charge in [-0.25, -0.2) is 4.79 Å². The van der Waals surface area contributed by atoms with E-state index in [2.05, 4.69) is 21.9 Å². The van der Waals surface area contributed by atoms with Crippen molar-refractivity contribution in [3.05, 3.63) is 65.7 Å². The first-order chi connectivity index (χ1) is 12.9. The van der Waals surface area contributed by atoms with Crippen LogP contribution in [0.25, 0.3) is 0 Å². The summed E-state index contributed by atoms with van der Waals surface area (Å²) in [5.41, 5.74) is 1.54. The van der Waals surface area contributed by atoms with Crippen LogP contribution in [0.1, 0.15) is 17.5 Å². The molecule has 0 atom stereocenters. The summed E-state index contributed by atoms with van der Waals surface area (Å²) in [7, 11) is 0. The van der Waals surface area contributed by atoms with Gasteiger partial charge in [-0.05, 0) is 29.8 Å². The highest BCUT2D eigenvalue weighted by atomic mass is 19.4. The number of alkyl halides is 3. The van der Waals surface area contributed by atoms with Gasteiger partial charge in [0.2, 0.25) is 0 Å². The summed E-state index contributed by atoms with van der Waals surface area (Å²) < 4.78 is 45.9. The van der Waals surface area contributed by atoms with E-state index in [-0.39, 0.29) is 12.4 Å². The van der Waals surface area contributed by atoms with E-state index in [0.29, 0.717) is 18.5 Å². The SMILES string of the molecule is O=C(NCCC#Cc1ccc(OCC(F)(F)F)cc1)OCc1ccccc1. The fraction of sp³-hybridized carbons (Fsp3) is 0.250. The lowest BCUT2D eigenvalue weighted by Gasteiger charge is -2.08. The van der Waals surface area contributed by atoms with Gasteiger partial charge in [0.15, 0.2) is 6.61 Å². The Balaban J connectivity index is 1.65. The minimum absolute atomic E-state index is 0.126. The van der Waals surface area contributed by atoms with E-state index in [1.807, 2.05) is 30.3 Å². The Labute approximate surface area is 155 Å². The fourth-order valence-electron chi connectivity index (χ4n) is 1.97. The maximum absolute atomic E-state index is 12.1. The second kappa shape index (κ2) is 10.1. The van der Waals surface area contributed by atoms with Crippen LogP contribution in [0.2, 0.25) is 0 Å². The van der Waals surface area contributed by atoms with E-state index >= 15 is 0 Å². The zero-order valence-corrected chi connectivity index (χ0v) is 14.4. The Morgan fingerprint density at radius 3 is 2.41 bits per heavy atom. The summed E-state index contributed by atoms with van der Waals surface area (Å²) in [4.78, 5) is 11.5. The number of hydrogen-bond acceptors (Lipinski definition) is 3. The summed E-state index contributed by atoms with van der Waals surface area (Å²) in [5.74, 6) is 5.85. The first-order valence-electron chi connectivity index (χ1n) is 8.15. The van der Waals surface area contributed by atoms with Crippen LogP contribution in [0, 0.1) is 11.8 Å². The van der Waals surface area contributed by atoms with Crippen molar-refractivity contribution in [3.8, 4) is 17.6 Å². The van der Waals surface area contributed by atoms with Gasteiger partial charge in [-0.2, -0.15) is 13.2 Å². The van der Waals surface area contributed by atoms with Crippen LogP contribution >= 0.6 is 0 Å². The van der Waals surface area contributed by atoms with E-state index in [4.69, 9.17) is 4.74 Å². The number of halogens is 3. The second-order valence-corrected chi connectivity index (χ2v) is 5.47. The van der Waals surface area contributed by atoms with Crippen molar-refractivity contribution in [2.24, 2.45) is 0 Å². The minimum Gasteiger partial charge on any atom is -0.484 e. The van der Waals surface area contributed by atoms with Gasteiger partial charge in [-0.1, -0.05) is 42.2 Å². The molecule has 2 rings (SSSR count). The molecule has 0 saturated heterocycles. The number of alkyl carbamates (subject to hydrolysis) is 1. The second-order valence-electron chi connectivity index (χ2n) is 5.47. The van der Waals surface area contributed by atoms with Crippen LogP contribution in [0.5, 0.6) is 5.75 Å². The molecule has 0 aromatic heterocycles. The van der Waals surface area contributed by atoms with Crippen molar-refractivity contribution in [2.45, 2.75) is 19.2 Å². The van der Waals surface area contributed by atoms with Crippen molar-refractivity contribution >= 4 is 6.09 Å². The Morgan fingerprint density at radius 2 is 1.74 bits per heavy atom. The summed E-state index contributed by atoms with van der Waals surface area (Å²) in [6.07, 6.45) is -4.48. The van der Waals surface area contributed by atoms with Gasteiger partial charge in [0, 0.05) is 18.5 Å². The van der Waals surface area contributed by atoms with Crippen LogP contribution in [0.3, 0.4) is 0 Å². The number of carbonyl (C=O) groups is 1. The third-order valence-electron chi connectivity index (χ3n) is 3.22. The topological polar surface area (TPSA) is 47.6 Å². The molecule has 0 unspecified atom stereocenters. The highest BCUT2D eigenvalue weighted by Gasteiger charge is 2.28. The maximum atomic E-state index is 12.1. The summed E-state index contributed by atoms with van der Waals surface area (Å²) in [5, 5.41) is 2.59. The highest BCUT2D eigenvalue weighted by molar-refractivity contribution is 5.67. The van der Waals surface area contributed by atoms with Crippen LogP contribution in [0.15, 0.2) is 54.6 Å². The quantitative estimate of drug-likeness (QED) is 0.603. The predicted molar refractivity (Wildman–Crippen MR) is 94.1 cm³/mol. The van der Waals surface area contributed by atoms with E-state index in [9.17, 15) is 18.0 Å². The third-order valence-corrected chi connectivity index (χ3v) is 3.22. The molecular weight excluding hydrogens is 359 g/mol. The van der Waals surface area contributed by atoms with Crippen LogP contribution in [-0.2, 0) is 11.3 Å². The molecule has 0 heterocycles. The summed E-state index contributed by atoms with van der Waals surface area (Å²) in [6, 6.07) is 15.3. The van der Waals surface area contributed by atoms with Crippen molar-refractivity contribution in [1.29, 1.82) is 0 Å². The van der Waals surface area contributed by atoms with Crippen molar-refractivity contribution in [3.63, 3.8) is 0 Å². The standard InChI is InChI=1S/C20H18F3NO3/c21-20(22,23)15-27-18-11-9-16(10-12-18)6-4-5-13-24-19(25)26-14-17-7-2-1-3-8-17/h1-3,7-12H,5,13-15H2,(H,24,25). The maximum Gasteiger partial charge on any atom is 0.422 e. The van der Waals surface area contributed by atoms with Crippen molar-refractivity contribution < 1.29 is 27.4 Å². The number of hydrogen-bond donors (Lipinski definition) is 1. The molecule has 1 N–H and O–H groups in total. The molecule has 27 heavy (non-hydrogen) atoms. The Kier molecular flexibility index (Phi) is 7.56. The fourth-order valence-corrected chi connectivity index (χ4v) is 1.97. The monoisotopic (exact) mass is 377 g/mol. The van der Waals surface area contributed by atoms with E-state index in [1.165, 1.54) is 12.1 Å². The first-order valence-corrected chi connectivity index (χ1v) is 8.15. The third kappa shape index (κ3) is 8.68. The largest absolute Gasteiger partial charge is 0.484 e. The molecule has 0 saturated carbocycles. The van der Waals surface area contributed by atoms with Gasteiger partial charge >= 0.3 is 12.3 Å². The lowest BCUT2D eigenvalue weighted by molar-refractivity contribution is -0.153. The number of ether oxygens (including phenoxy) is 2. The number of amides is 1. The molecule has 0 bridgehead atoms. The van der Waals surface area contributed by atoms with Gasteiger partial charge in [-0.3, -0.25) is 0 Å². The van der Waals surface area contributed by atoms with E-state index in [1.54, 1.807) is 12.1 Å². The zero-order valence-electron chi connectivity index (χ0n) is 14.4. The first kappa shape index (κ1) is 20.2. The van der Waals surface area contributed by atoms with Gasteiger partial charge in [0.25, 0.3) is 0 Å². The molecule has 4 nitrogen and oxygen atoms in total. The summed E-state index contributed by atoms with van der Waals surface area (Å²) >= 11 is 0. The van der Waals surface area contributed by atoms with Crippen LogP contribution in [-0.4, -0.2) is 25.4 Å². The molecule has 0 fully saturated rings. The van der Waals surface area contributed by atoms with Gasteiger partial charge in [-0.15, -0.1) is 0 Å². The molecule has 0 radical (unpaired) electrons. The van der Waals surface area contributed by atoms with E-state index < -0.39 is 18.9 Å². The molecule has 2 aromatic carbocycles. The zero-order chi connectivity index (χ0) is 19.5. The van der Waals surface area contributed by atoms with Crippen molar-refractivity contribution in [2.75, 3.05) is 13.2 Å². The molecule has 1 amide bonds. The van der Waals surface area contributed by atoms with E-state index in [0.717, 1.165) is 5.56 Å². The normalized spacial score (nSPS) is 10.5. The molecule has 0 aliphatic rings. The molecule has 2 aromatic rings. The molecule has 0 spiro atoms. The van der Waals surface area contributed by atoms with Gasteiger partial charge in [0.1, 0.15) is 12.4 Å². The van der Waals surface area contributed by atoms with Crippen molar-refractivity contribution in [1.82, 2.24) is 5.32 Å². The lowest BCUT2D eigenvalue weighted by Crippen LogP contribution is -2.24. The average molecular weight is 377 g/mol. The highest BCUT2D eigenvalue weighted by Crippen LogP contribution is 2.18. The Hall–Kier alpha value is -3.14. The number of benzene rings is 2. The average Bonchev–Trinajstić information content (AvgIpc) is 2.65. The molecule has 142 valence electrons. The molecular formula is C20H18F3NO3. The number of carbonyl (C=O) groups excluding carboxylic acids is 1. The Bertz CT molecular complexity index is 778. The smallest absolute Gasteiger partial charge is 0.422 e. The number of rotatable bonds is 6. The van der Waals surface area contributed by atoms with Crippen LogP contribution < -0.4 is 10.1 Å². The van der Waals surface area contributed by atoms with Crippen LogP contribution in [0.4, 0.5) is 18.0 Å². The lowest BCUT2D eigenvalue weighted by atomic mass is 10.2.